The molecule has 4 heteroatoms. The van der Waals surface area contributed by atoms with E-state index in [0.29, 0.717) is 25.8 Å². The standard InChI is InChI=1S/C12H17NO3/c1-8(14)7-9-10-3-2-4-12(16)13(10)6-5-11(9)15/h9-10H,2-7H2,1H3. The van der Waals surface area contributed by atoms with E-state index in [0.717, 1.165) is 12.8 Å². The average molecular weight is 223 g/mol. The maximum absolute atomic E-state index is 11.8. The molecule has 16 heavy (non-hydrogen) atoms. The second-order valence-electron chi connectivity index (χ2n) is 4.78. The molecule has 0 aromatic rings. The monoisotopic (exact) mass is 223 g/mol. The fourth-order valence-electron chi connectivity index (χ4n) is 2.85. The van der Waals surface area contributed by atoms with Crippen LogP contribution in [0.3, 0.4) is 0 Å². The van der Waals surface area contributed by atoms with Crippen molar-refractivity contribution >= 4 is 17.5 Å². The Labute approximate surface area is 95.0 Å². The van der Waals surface area contributed by atoms with Gasteiger partial charge in [-0.3, -0.25) is 9.59 Å². The van der Waals surface area contributed by atoms with E-state index in [4.69, 9.17) is 0 Å². The number of nitrogens with zero attached hydrogens (tertiary/aromatic N) is 1. The molecule has 2 unspecified atom stereocenters. The van der Waals surface area contributed by atoms with Crippen LogP contribution in [0, 0.1) is 5.92 Å². The minimum absolute atomic E-state index is 0.00796. The number of Topliss-reactive ketones (excluding diaryl/α,β-unsaturated/α-hetero) is 2. The molecule has 2 aliphatic heterocycles. The lowest BCUT2D eigenvalue weighted by atomic mass is 9.80. The van der Waals surface area contributed by atoms with Crippen LogP contribution in [-0.4, -0.2) is 35.0 Å². The fraction of sp³-hybridized carbons (Fsp3) is 0.750. The molecule has 0 aromatic heterocycles. The van der Waals surface area contributed by atoms with Crippen LogP contribution in [-0.2, 0) is 14.4 Å². The second kappa shape index (κ2) is 4.36. The first-order valence-electron chi connectivity index (χ1n) is 5.91. The predicted octanol–water partition coefficient (Wildman–Crippen LogP) is 0.936. The van der Waals surface area contributed by atoms with Gasteiger partial charge >= 0.3 is 0 Å². The summed E-state index contributed by atoms with van der Waals surface area (Å²) in [5.74, 6) is 0.108. The first kappa shape index (κ1) is 11.3. The maximum Gasteiger partial charge on any atom is 0.222 e. The molecule has 2 fully saturated rings. The third-order valence-corrected chi connectivity index (χ3v) is 3.60. The van der Waals surface area contributed by atoms with Crippen LogP contribution in [0.4, 0.5) is 0 Å². The van der Waals surface area contributed by atoms with E-state index in [1.165, 1.54) is 6.92 Å². The van der Waals surface area contributed by atoms with Gasteiger partial charge in [-0.15, -0.1) is 0 Å². The Morgan fingerprint density at radius 2 is 2.12 bits per heavy atom. The van der Waals surface area contributed by atoms with Gasteiger partial charge in [0.25, 0.3) is 0 Å². The summed E-state index contributed by atoms with van der Waals surface area (Å²) in [6.07, 6.45) is 3.03. The topological polar surface area (TPSA) is 54.5 Å². The van der Waals surface area contributed by atoms with Crippen molar-refractivity contribution in [3.63, 3.8) is 0 Å². The number of rotatable bonds is 2. The molecular formula is C12H17NO3. The predicted molar refractivity (Wildman–Crippen MR) is 57.8 cm³/mol. The number of ketones is 2. The smallest absolute Gasteiger partial charge is 0.222 e. The van der Waals surface area contributed by atoms with Crippen LogP contribution in [0.1, 0.15) is 39.0 Å². The molecule has 2 aliphatic rings. The van der Waals surface area contributed by atoms with E-state index >= 15 is 0 Å². The van der Waals surface area contributed by atoms with Crippen molar-refractivity contribution in [2.24, 2.45) is 5.92 Å². The first-order valence-corrected chi connectivity index (χ1v) is 5.91. The Kier molecular flexibility index (Phi) is 3.08. The van der Waals surface area contributed by atoms with Gasteiger partial charge in [0.1, 0.15) is 11.6 Å². The first-order chi connectivity index (χ1) is 7.59. The van der Waals surface area contributed by atoms with E-state index < -0.39 is 0 Å². The van der Waals surface area contributed by atoms with Crippen molar-refractivity contribution in [2.75, 3.05) is 6.54 Å². The van der Waals surface area contributed by atoms with E-state index in [9.17, 15) is 14.4 Å². The highest BCUT2D eigenvalue weighted by atomic mass is 16.2. The van der Waals surface area contributed by atoms with Crippen LogP contribution >= 0.6 is 0 Å². The molecule has 0 aromatic carbocycles. The summed E-state index contributed by atoms with van der Waals surface area (Å²) in [7, 11) is 0. The average Bonchev–Trinajstić information content (AvgIpc) is 2.22. The number of hydrogen-bond donors (Lipinski definition) is 0. The lowest BCUT2D eigenvalue weighted by molar-refractivity contribution is -0.146. The Hall–Kier alpha value is -1.19. The lowest BCUT2D eigenvalue weighted by Crippen LogP contribution is -2.54. The van der Waals surface area contributed by atoms with Crippen molar-refractivity contribution < 1.29 is 14.4 Å². The van der Waals surface area contributed by atoms with E-state index in [1.54, 1.807) is 0 Å². The fourth-order valence-corrected chi connectivity index (χ4v) is 2.85. The van der Waals surface area contributed by atoms with Crippen LogP contribution < -0.4 is 0 Å². The number of piperidine rings is 2. The molecule has 1 amide bonds. The summed E-state index contributed by atoms with van der Waals surface area (Å²) < 4.78 is 0. The number of fused-ring (bicyclic) bond motifs is 1. The van der Waals surface area contributed by atoms with Gasteiger partial charge in [0.2, 0.25) is 5.91 Å². The molecule has 88 valence electrons. The largest absolute Gasteiger partial charge is 0.339 e. The molecule has 2 rings (SSSR count). The lowest BCUT2D eigenvalue weighted by Gasteiger charge is -2.43. The SMILES string of the molecule is CC(=O)CC1C(=O)CCN2C(=O)CCCC12. The van der Waals surface area contributed by atoms with Crippen LogP contribution in [0.5, 0.6) is 0 Å². The number of carbonyl (C=O) groups is 3. The number of hydrogen-bond acceptors (Lipinski definition) is 3. The molecule has 2 saturated heterocycles. The summed E-state index contributed by atoms with van der Waals surface area (Å²) >= 11 is 0. The zero-order chi connectivity index (χ0) is 11.7. The zero-order valence-corrected chi connectivity index (χ0v) is 9.57. The molecule has 0 N–H and O–H groups in total. The van der Waals surface area contributed by atoms with Crippen molar-refractivity contribution in [1.29, 1.82) is 0 Å². The van der Waals surface area contributed by atoms with Gasteiger partial charge in [-0.1, -0.05) is 0 Å². The minimum Gasteiger partial charge on any atom is -0.339 e. The molecule has 0 radical (unpaired) electrons. The molecule has 0 bridgehead atoms. The van der Waals surface area contributed by atoms with Gasteiger partial charge < -0.3 is 9.69 Å². The normalized spacial score (nSPS) is 30.2. The highest BCUT2D eigenvalue weighted by molar-refractivity contribution is 5.90. The number of amides is 1. The van der Waals surface area contributed by atoms with Crippen molar-refractivity contribution in [3.05, 3.63) is 0 Å². The van der Waals surface area contributed by atoms with Gasteiger partial charge in [0, 0.05) is 37.8 Å². The van der Waals surface area contributed by atoms with Gasteiger partial charge in [0.15, 0.2) is 0 Å². The summed E-state index contributed by atoms with van der Waals surface area (Å²) in [6.45, 7) is 2.06. The van der Waals surface area contributed by atoms with Crippen LogP contribution in [0.15, 0.2) is 0 Å². The minimum atomic E-state index is -0.240. The second-order valence-corrected chi connectivity index (χ2v) is 4.78. The summed E-state index contributed by atoms with van der Waals surface area (Å²) in [5.41, 5.74) is 0. The summed E-state index contributed by atoms with van der Waals surface area (Å²) in [5, 5.41) is 0. The zero-order valence-electron chi connectivity index (χ0n) is 9.57. The summed E-state index contributed by atoms with van der Waals surface area (Å²) in [4.78, 5) is 36.5. The van der Waals surface area contributed by atoms with Gasteiger partial charge in [-0.25, -0.2) is 0 Å². The molecule has 2 atom stereocenters. The van der Waals surface area contributed by atoms with Crippen molar-refractivity contribution in [2.45, 2.75) is 45.1 Å². The van der Waals surface area contributed by atoms with Gasteiger partial charge in [-0.2, -0.15) is 0 Å². The molecule has 2 heterocycles. The Bertz CT molecular complexity index is 337. The number of carbonyl (C=O) groups excluding carboxylic acids is 3. The molecule has 4 nitrogen and oxygen atoms in total. The van der Waals surface area contributed by atoms with Crippen molar-refractivity contribution in [1.82, 2.24) is 4.90 Å². The molecular weight excluding hydrogens is 206 g/mol. The molecule has 0 saturated carbocycles. The maximum atomic E-state index is 11.8. The molecule has 0 spiro atoms. The van der Waals surface area contributed by atoms with E-state index in [1.807, 2.05) is 4.90 Å². The van der Waals surface area contributed by atoms with Crippen molar-refractivity contribution in [3.8, 4) is 0 Å². The Morgan fingerprint density at radius 1 is 1.38 bits per heavy atom. The quantitative estimate of drug-likeness (QED) is 0.700. The Balaban J connectivity index is 2.16. The third kappa shape index (κ3) is 2.01. The Morgan fingerprint density at radius 3 is 2.81 bits per heavy atom. The molecule has 0 aliphatic carbocycles. The van der Waals surface area contributed by atoms with Crippen LogP contribution in [0.2, 0.25) is 0 Å². The van der Waals surface area contributed by atoms with Gasteiger partial charge in [0.05, 0.1) is 0 Å². The van der Waals surface area contributed by atoms with Gasteiger partial charge in [-0.05, 0) is 19.8 Å². The third-order valence-electron chi connectivity index (χ3n) is 3.60. The van der Waals surface area contributed by atoms with E-state index in [2.05, 4.69) is 0 Å². The highest BCUT2D eigenvalue weighted by Crippen LogP contribution is 2.31. The highest BCUT2D eigenvalue weighted by Gasteiger charge is 2.41. The summed E-state index contributed by atoms with van der Waals surface area (Å²) in [6, 6.07) is -0.00796. The van der Waals surface area contributed by atoms with Crippen LogP contribution in [0.25, 0.3) is 0 Å². The van der Waals surface area contributed by atoms with E-state index in [-0.39, 0.29) is 29.4 Å².